The predicted molar refractivity (Wildman–Crippen MR) is 68.4 cm³/mol. The lowest BCUT2D eigenvalue weighted by molar-refractivity contribution is 0.0945. The summed E-state index contributed by atoms with van der Waals surface area (Å²) in [6.07, 6.45) is 2.03. The number of anilines is 1. The molecule has 0 saturated heterocycles. The summed E-state index contributed by atoms with van der Waals surface area (Å²) in [4.78, 5) is 11.8. The molecule has 0 aliphatic heterocycles. The molecule has 0 atom stereocenters. The quantitative estimate of drug-likeness (QED) is 0.878. The third kappa shape index (κ3) is 2.42. The summed E-state index contributed by atoms with van der Waals surface area (Å²) in [6, 6.07) is 7.54. The Balaban J connectivity index is 1.87. The minimum absolute atomic E-state index is 0.227. The van der Waals surface area contributed by atoms with Gasteiger partial charge in [-0.25, -0.2) is 9.07 Å². The predicted octanol–water partition coefficient (Wildman–Crippen LogP) is 1.49. The van der Waals surface area contributed by atoms with Crippen LogP contribution < -0.4 is 11.1 Å². The van der Waals surface area contributed by atoms with Crippen molar-refractivity contribution in [3.8, 4) is 5.69 Å². The Kier molecular flexibility index (Phi) is 2.70. The fourth-order valence-electron chi connectivity index (χ4n) is 1.78. The van der Waals surface area contributed by atoms with Gasteiger partial charge in [0.1, 0.15) is 11.6 Å². The molecular formula is C13H13FN4O. The van der Waals surface area contributed by atoms with Crippen molar-refractivity contribution in [1.82, 2.24) is 15.1 Å². The van der Waals surface area contributed by atoms with Crippen molar-refractivity contribution in [1.29, 1.82) is 0 Å². The molecule has 1 aromatic heterocycles. The fraction of sp³-hybridized carbons (Fsp3) is 0.231. The highest BCUT2D eigenvalue weighted by molar-refractivity contribution is 5.93. The molecule has 1 aromatic carbocycles. The van der Waals surface area contributed by atoms with Crippen molar-refractivity contribution in [2.24, 2.45) is 0 Å². The van der Waals surface area contributed by atoms with Gasteiger partial charge in [0.15, 0.2) is 5.69 Å². The number of carbonyl (C=O) groups is 1. The van der Waals surface area contributed by atoms with Crippen LogP contribution in [-0.4, -0.2) is 21.7 Å². The van der Waals surface area contributed by atoms with E-state index in [0.29, 0.717) is 11.5 Å². The molecule has 0 spiro atoms. The van der Waals surface area contributed by atoms with Gasteiger partial charge in [-0.3, -0.25) is 4.79 Å². The minimum Gasteiger partial charge on any atom is -0.384 e. The third-order valence-electron chi connectivity index (χ3n) is 2.95. The molecule has 0 radical (unpaired) electrons. The molecule has 19 heavy (non-hydrogen) atoms. The second kappa shape index (κ2) is 4.38. The van der Waals surface area contributed by atoms with Crippen LogP contribution in [0, 0.1) is 5.82 Å². The number of nitrogens with zero attached hydrogens (tertiary/aromatic N) is 2. The Bertz CT molecular complexity index is 616. The molecule has 1 heterocycles. The second-order valence-corrected chi connectivity index (χ2v) is 4.59. The topological polar surface area (TPSA) is 72.9 Å². The SMILES string of the molecule is Nc1cc(C(=O)NC2CC2)nn1-c1ccc(F)cc1. The lowest BCUT2D eigenvalue weighted by atomic mass is 10.3. The molecule has 3 N–H and O–H groups in total. The lowest BCUT2D eigenvalue weighted by Gasteiger charge is -2.03. The van der Waals surface area contributed by atoms with Crippen LogP contribution >= 0.6 is 0 Å². The Hall–Kier alpha value is -2.37. The molecule has 0 unspecified atom stereocenters. The van der Waals surface area contributed by atoms with Crippen molar-refractivity contribution in [3.63, 3.8) is 0 Å². The average molecular weight is 260 g/mol. The van der Waals surface area contributed by atoms with Crippen LogP contribution in [-0.2, 0) is 0 Å². The molecule has 0 bridgehead atoms. The summed E-state index contributed by atoms with van der Waals surface area (Å²) in [6.45, 7) is 0. The summed E-state index contributed by atoms with van der Waals surface area (Å²) in [7, 11) is 0. The maximum atomic E-state index is 12.9. The van der Waals surface area contributed by atoms with E-state index in [2.05, 4.69) is 10.4 Å². The molecule has 6 heteroatoms. The number of nitrogen functional groups attached to an aromatic ring is 1. The second-order valence-electron chi connectivity index (χ2n) is 4.59. The van der Waals surface area contributed by atoms with Crippen LogP contribution in [0.4, 0.5) is 10.2 Å². The van der Waals surface area contributed by atoms with Gasteiger partial charge in [0, 0.05) is 12.1 Å². The van der Waals surface area contributed by atoms with E-state index in [1.165, 1.54) is 22.9 Å². The largest absolute Gasteiger partial charge is 0.384 e. The number of nitrogens with one attached hydrogen (secondary N) is 1. The summed E-state index contributed by atoms with van der Waals surface area (Å²) >= 11 is 0. The number of carbonyl (C=O) groups excluding carboxylic acids is 1. The van der Waals surface area contributed by atoms with Crippen LogP contribution in [0.15, 0.2) is 30.3 Å². The maximum absolute atomic E-state index is 12.9. The molecule has 1 saturated carbocycles. The molecular weight excluding hydrogens is 247 g/mol. The Labute approximate surface area is 109 Å². The standard InChI is InChI=1S/C13H13FN4O/c14-8-1-5-10(6-2-8)18-12(15)7-11(17-18)13(19)16-9-3-4-9/h1-2,5-7,9H,3-4,15H2,(H,16,19). The number of aromatic nitrogens is 2. The normalized spacial score (nSPS) is 14.4. The van der Waals surface area contributed by atoms with E-state index in [1.807, 2.05) is 0 Å². The van der Waals surface area contributed by atoms with Gasteiger partial charge in [-0.05, 0) is 37.1 Å². The number of hydrogen-bond donors (Lipinski definition) is 2. The zero-order valence-corrected chi connectivity index (χ0v) is 10.1. The molecule has 2 aromatic rings. The van der Waals surface area contributed by atoms with E-state index < -0.39 is 0 Å². The molecule has 1 aliphatic rings. The number of hydrogen-bond acceptors (Lipinski definition) is 3. The van der Waals surface area contributed by atoms with Gasteiger partial charge in [-0.2, -0.15) is 5.10 Å². The number of rotatable bonds is 3. The molecule has 1 amide bonds. The number of amides is 1. The van der Waals surface area contributed by atoms with Gasteiger partial charge < -0.3 is 11.1 Å². The highest BCUT2D eigenvalue weighted by Gasteiger charge is 2.25. The van der Waals surface area contributed by atoms with E-state index in [4.69, 9.17) is 5.73 Å². The van der Waals surface area contributed by atoms with E-state index in [-0.39, 0.29) is 23.5 Å². The molecule has 1 aliphatic carbocycles. The average Bonchev–Trinajstić information content (AvgIpc) is 3.11. The summed E-state index contributed by atoms with van der Waals surface area (Å²) < 4.78 is 14.3. The van der Waals surface area contributed by atoms with Crippen LogP contribution in [0.3, 0.4) is 0 Å². The number of halogens is 1. The zero-order chi connectivity index (χ0) is 13.4. The number of nitrogens with two attached hydrogens (primary N) is 1. The maximum Gasteiger partial charge on any atom is 0.272 e. The van der Waals surface area contributed by atoms with Crippen LogP contribution in [0.2, 0.25) is 0 Å². The van der Waals surface area contributed by atoms with Crippen molar-refractivity contribution in [2.75, 3.05) is 5.73 Å². The van der Waals surface area contributed by atoms with Gasteiger partial charge in [0.25, 0.3) is 5.91 Å². The van der Waals surface area contributed by atoms with Crippen molar-refractivity contribution < 1.29 is 9.18 Å². The van der Waals surface area contributed by atoms with Crippen molar-refractivity contribution >= 4 is 11.7 Å². The van der Waals surface area contributed by atoms with Gasteiger partial charge >= 0.3 is 0 Å². The highest BCUT2D eigenvalue weighted by atomic mass is 19.1. The zero-order valence-electron chi connectivity index (χ0n) is 10.1. The monoisotopic (exact) mass is 260 g/mol. The van der Waals surface area contributed by atoms with Crippen LogP contribution in [0.25, 0.3) is 5.69 Å². The van der Waals surface area contributed by atoms with Gasteiger partial charge in [0.05, 0.1) is 5.69 Å². The van der Waals surface area contributed by atoms with Crippen LogP contribution in [0.1, 0.15) is 23.3 Å². The molecule has 5 nitrogen and oxygen atoms in total. The van der Waals surface area contributed by atoms with Gasteiger partial charge in [-0.15, -0.1) is 0 Å². The van der Waals surface area contributed by atoms with Crippen molar-refractivity contribution in [3.05, 3.63) is 41.8 Å². The molecule has 98 valence electrons. The third-order valence-corrected chi connectivity index (χ3v) is 2.95. The highest BCUT2D eigenvalue weighted by Crippen LogP contribution is 2.20. The summed E-state index contributed by atoms with van der Waals surface area (Å²) in [5.74, 6) is -0.219. The first-order chi connectivity index (χ1) is 9.13. The Morgan fingerprint density at radius 2 is 2.05 bits per heavy atom. The Morgan fingerprint density at radius 1 is 1.37 bits per heavy atom. The lowest BCUT2D eigenvalue weighted by Crippen LogP contribution is -2.25. The molecule has 1 fully saturated rings. The van der Waals surface area contributed by atoms with E-state index in [9.17, 15) is 9.18 Å². The molecule has 3 rings (SSSR count). The van der Waals surface area contributed by atoms with E-state index >= 15 is 0 Å². The minimum atomic E-state index is -0.332. The van der Waals surface area contributed by atoms with Gasteiger partial charge in [0.2, 0.25) is 0 Å². The fourth-order valence-corrected chi connectivity index (χ4v) is 1.78. The summed E-state index contributed by atoms with van der Waals surface area (Å²) in [5, 5.41) is 6.99. The van der Waals surface area contributed by atoms with Crippen LogP contribution in [0.5, 0.6) is 0 Å². The Morgan fingerprint density at radius 3 is 2.68 bits per heavy atom. The first-order valence-electron chi connectivity index (χ1n) is 6.06. The van der Waals surface area contributed by atoms with Gasteiger partial charge in [-0.1, -0.05) is 0 Å². The van der Waals surface area contributed by atoms with E-state index in [1.54, 1.807) is 12.1 Å². The smallest absolute Gasteiger partial charge is 0.272 e. The summed E-state index contributed by atoms with van der Waals surface area (Å²) in [5.41, 5.74) is 6.71. The van der Waals surface area contributed by atoms with E-state index in [0.717, 1.165) is 12.8 Å². The van der Waals surface area contributed by atoms with Crippen molar-refractivity contribution in [2.45, 2.75) is 18.9 Å². The first kappa shape index (κ1) is 11.7. The number of benzene rings is 1. The first-order valence-corrected chi connectivity index (χ1v) is 6.06.